The van der Waals surface area contributed by atoms with Crippen molar-refractivity contribution in [2.45, 2.75) is 43.4 Å². The lowest BCUT2D eigenvalue weighted by Gasteiger charge is -2.21. The van der Waals surface area contributed by atoms with Gasteiger partial charge in [-0.05, 0) is 19.3 Å². The Hall–Kier alpha value is -0.650. The van der Waals surface area contributed by atoms with Crippen molar-refractivity contribution in [3.63, 3.8) is 0 Å². The molecule has 1 aromatic heterocycles. The van der Waals surface area contributed by atoms with Gasteiger partial charge in [-0.25, -0.2) is 0 Å². The van der Waals surface area contributed by atoms with E-state index in [1.807, 2.05) is 0 Å². The Balaban J connectivity index is 0.00000120. The van der Waals surface area contributed by atoms with Gasteiger partial charge >= 0.3 is 0 Å². The SMILES string of the molecule is Cl.NCC1(c2nc(C3CCOC3)no2)CCCC1. The molecule has 1 aliphatic carbocycles. The highest BCUT2D eigenvalue weighted by atomic mass is 35.5. The summed E-state index contributed by atoms with van der Waals surface area (Å²) in [7, 11) is 0. The topological polar surface area (TPSA) is 74.2 Å². The summed E-state index contributed by atoms with van der Waals surface area (Å²) in [6.45, 7) is 2.13. The van der Waals surface area contributed by atoms with Gasteiger partial charge in [0.15, 0.2) is 5.82 Å². The van der Waals surface area contributed by atoms with Crippen molar-refractivity contribution < 1.29 is 9.26 Å². The van der Waals surface area contributed by atoms with E-state index >= 15 is 0 Å². The maximum atomic E-state index is 5.91. The fraction of sp³-hybridized carbons (Fsp3) is 0.833. The van der Waals surface area contributed by atoms with E-state index in [-0.39, 0.29) is 17.8 Å². The van der Waals surface area contributed by atoms with Crippen LogP contribution in [0.3, 0.4) is 0 Å². The molecule has 6 heteroatoms. The van der Waals surface area contributed by atoms with Crippen molar-refractivity contribution in [2.75, 3.05) is 19.8 Å². The largest absolute Gasteiger partial charge is 0.381 e. The average Bonchev–Trinajstić information content (AvgIpc) is 3.10. The molecular weight excluding hydrogens is 254 g/mol. The zero-order valence-electron chi connectivity index (χ0n) is 10.4. The van der Waals surface area contributed by atoms with Crippen LogP contribution in [-0.4, -0.2) is 29.9 Å². The quantitative estimate of drug-likeness (QED) is 0.908. The highest BCUT2D eigenvalue weighted by Gasteiger charge is 2.40. The Morgan fingerprint density at radius 3 is 2.72 bits per heavy atom. The van der Waals surface area contributed by atoms with Gasteiger partial charge in [0.1, 0.15) is 0 Å². The molecule has 2 aliphatic rings. The summed E-state index contributed by atoms with van der Waals surface area (Å²) in [5.74, 6) is 1.86. The normalized spacial score (nSPS) is 26.2. The van der Waals surface area contributed by atoms with Gasteiger partial charge in [-0.2, -0.15) is 4.98 Å². The van der Waals surface area contributed by atoms with E-state index in [9.17, 15) is 0 Å². The van der Waals surface area contributed by atoms with E-state index in [0.717, 1.165) is 37.6 Å². The fourth-order valence-electron chi connectivity index (χ4n) is 2.91. The van der Waals surface area contributed by atoms with Crippen LogP contribution in [0.4, 0.5) is 0 Å². The van der Waals surface area contributed by atoms with E-state index in [1.54, 1.807) is 0 Å². The molecule has 18 heavy (non-hydrogen) atoms. The van der Waals surface area contributed by atoms with Gasteiger partial charge in [0.05, 0.1) is 12.0 Å². The third-order valence-corrected chi connectivity index (χ3v) is 4.14. The highest BCUT2D eigenvalue weighted by Crippen LogP contribution is 2.39. The minimum absolute atomic E-state index is 0. The summed E-state index contributed by atoms with van der Waals surface area (Å²) in [5, 5.41) is 4.11. The molecule has 1 atom stereocenters. The van der Waals surface area contributed by atoms with Crippen molar-refractivity contribution in [1.82, 2.24) is 10.1 Å². The second kappa shape index (κ2) is 5.55. The van der Waals surface area contributed by atoms with Crippen LogP contribution in [0.1, 0.15) is 49.7 Å². The third kappa shape index (κ3) is 2.27. The lowest BCUT2D eigenvalue weighted by Crippen LogP contribution is -2.32. The Kier molecular flexibility index (Phi) is 4.25. The van der Waals surface area contributed by atoms with Gasteiger partial charge in [-0.1, -0.05) is 18.0 Å². The van der Waals surface area contributed by atoms with Crippen LogP contribution in [0.2, 0.25) is 0 Å². The summed E-state index contributed by atoms with van der Waals surface area (Å²) in [6, 6.07) is 0. The second-order valence-corrected chi connectivity index (χ2v) is 5.21. The molecule has 1 saturated carbocycles. The first-order chi connectivity index (χ1) is 8.34. The predicted octanol–water partition coefficient (Wildman–Crippen LogP) is 1.77. The molecule has 102 valence electrons. The molecule has 5 nitrogen and oxygen atoms in total. The number of hydrogen-bond donors (Lipinski definition) is 1. The summed E-state index contributed by atoms with van der Waals surface area (Å²) in [6.07, 6.45) is 5.57. The first kappa shape index (κ1) is 13.8. The monoisotopic (exact) mass is 273 g/mol. The number of halogens is 1. The van der Waals surface area contributed by atoms with Crippen molar-refractivity contribution in [3.05, 3.63) is 11.7 Å². The molecule has 0 radical (unpaired) electrons. The van der Waals surface area contributed by atoms with Gasteiger partial charge in [0.2, 0.25) is 5.89 Å². The molecule has 2 N–H and O–H groups in total. The minimum atomic E-state index is -0.0509. The standard InChI is InChI=1S/C12H19N3O2.ClH/c13-8-12(4-1-2-5-12)11-14-10(15-17-11)9-3-6-16-7-9;/h9H,1-8,13H2;1H. The highest BCUT2D eigenvalue weighted by molar-refractivity contribution is 5.85. The van der Waals surface area contributed by atoms with Crippen LogP contribution in [0.15, 0.2) is 4.52 Å². The maximum Gasteiger partial charge on any atom is 0.234 e. The van der Waals surface area contributed by atoms with Crippen molar-refractivity contribution in [2.24, 2.45) is 5.73 Å². The zero-order chi connectivity index (χ0) is 11.7. The number of nitrogens with two attached hydrogens (primary N) is 1. The lowest BCUT2D eigenvalue weighted by molar-refractivity contribution is 0.192. The molecule has 0 bridgehead atoms. The fourth-order valence-corrected chi connectivity index (χ4v) is 2.91. The molecule has 0 spiro atoms. The maximum absolute atomic E-state index is 5.91. The number of nitrogens with zero attached hydrogens (tertiary/aromatic N) is 2. The summed E-state index contributed by atoms with van der Waals surface area (Å²) in [4.78, 5) is 4.58. The van der Waals surface area contributed by atoms with Crippen LogP contribution in [0.5, 0.6) is 0 Å². The Morgan fingerprint density at radius 1 is 1.33 bits per heavy atom. The van der Waals surface area contributed by atoms with Crippen molar-refractivity contribution in [3.8, 4) is 0 Å². The molecule has 0 amide bonds. The first-order valence-corrected chi connectivity index (χ1v) is 6.46. The van der Waals surface area contributed by atoms with Crippen LogP contribution in [0.25, 0.3) is 0 Å². The van der Waals surface area contributed by atoms with Gasteiger partial charge in [-0.15, -0.1) is 12.4 Å². The van der Waals surface area contributed by atoms with Crippen LogP contribution in [-0.2, 0) is 10.2 Å². The van der Waals surface area contributed by atoms with E-state index in [1.165, 1.54) is 12.8 Å². The number of aromatic nitrogens is 2. The van der Waals surface area contributed by atoms with Crippen LogP contribution < -0.4 is 5.73 Å². The van der Waals surface area contributed by atoms with Gasteiger partial charge < -0.3 is 15.0 Å². The third-order valence-electron chi connectivity index (χ3n) is 4.14. The summed E-state index contributed by atoms with van der Waals surface area (Å²) < 4.78 is 10.8. The minimum Gasteiger partial charge on any atom is -0.381 e. The molecule has 1 aliphatic heterocycles. The molecule has 3 rings (SSSR count). The summed E-state index contributed by atoms with van der Waals surface area (Å²) in [5.41, 5.74) is 5.86. The van der Waals surface area contributed by atoms with E-state index < -0.39 is 0 Å². The number of rotatable bonds is 3. The number of hydrogen-bond acceptors (Lipinski definition) is 5. The van der Waals surface area contributed by atoms with Crippen LogP contribution >= 0.6 is 12.4 Å². The lowest BCUT2D eigenvalue weighted by atomic mass is 9.86. The molecular formula is C12H20ClN3O2. The second-order valence-electron chi connectivity index (χ2n) is 5.21. The van der Waals surface area contributed by atoms with Crippen molar-refractivity contribution >= 4 is 12.4 Å². The van der Waals surface area contributed by atoms with E-state index in [2.05, 4.69) is 10.1 Å². The smallest absolute Gasteiger partial charge is 0.234 e. The van der Waals surface area contributed by atoms with Gasteiger partial charge in [0, 0.05) is 19.1 Å². The predicted molar refractivity (Wildman–Crippen MR) is 68.9 cm³/mol. The van der Waals surface area contributed by atoms with E-state index in [0.29, 0.717) is 19.1 Å². The zero-order valence-corrected chi connectivity index (χ0v) is 11.2. The van der Waals surface area contributed by atoms with E-state index in [4.69, 9.17) is 15.0 Å². The van der Waals surface area contributed by atoms with Gasteiger partial charge in [0.25, 0.3) is 0 Å². The summed E-state index contributed by atoms with van der Waals surface area (Å²) >= 11 is 0. The van der Waals surface area contributed by atoms with Gasteiger partial charge in [-0.3, -0.25) is 0 Å². The Labute approximate surface area is 113 Å². The molecule has 1 unspecified atom stereocenters. The molecule has 0 aromatic carbocycles. The Bertz CT molecular complexity index is 384. The van der Waals surface area contributed by atoms with Crippen LogP contribution in [0, 0.1) is 0 Å². The molecule has 2 fully saturated rings. The molecule has 1 saturated heterocycles. The first-order valence-electron chi connectivity index (χ1n) is 6.46. The Morgan fingerprint density at radius 2 is 2.11 bits per heavy atom. The van der Waals surface area contributed by atoms with Crippen molar-refractivity contribution in [1.29, 1.82) is 0 Å². The average molecular weight is 274 g/mol. The molecule has 1 aromatic rings. The number of ether oxygens (including phenoxy) is 1. The molecule has 2 heterocycles.